The maximum Gasteiger partial charge on any atom is 0.416 e. The first-order chi connectivity index (χ1) is 16.7. The number of carbonyl (C=O) groups is 1. The van der Waals surface area contributed by atoms with Crippen LogP contribution in [0.1, 0.15) is 28.7 Å². The molecular weight excluding hydrogens is 450 g/mol. The van der Waals surface area contributed by atoms with Crippen molar-refractivity contribution in [2.45, 2.75) is 32.7 Å². The predicted molar refractivity (Wildman–Crippen MR) is 136 cm³/mol. The first kappa shape index (κ1) is 23.0. The molecule has 1 amide bonds. The maximum absolute atomic E-state index is 13.4. The van der Waals surface area contributed by atoms with Gasteiger partial charge in [-0.05, 0) is 60.0 Å². The highest BCUT2D eigenvalue weighted by Gasteiger charge is 2.34. The lowest BCUT2D eigenvalue weighted by Gasteiger charge is -2.13. The van der Waals surface area contributed by atoms with Crippen molar-refractivity contribution in [3.8, 4) is 5.69 Å². The van der Waals surface area contributed by atoms with Crippen molar-refractivity contribution in [2.24, 2.45) is 4.99 Å². The Morgan fingerprint density at radius 2 is 1.89 bits per heavy atom. The van der Waals surface area contributed by atoms with E-state index < -0.39 is 17.6 Å². The molecule has 1 aromatic heterocycles. The number of hydrogen-bond donors (Lipinski definition) is 1. The number of aromatic nitrogens is 1. The molecule has 1 aliphatic heterocycles. The zero-order valence-corrected chi connectivity index (χ0v) is 19.4. The van der Waals surface area contributed by atoms with Crippen LogP contribution < -0.4 is 5.32 Å². The van der Waals surface area contributed by atoms with Crippen molar-refractivity contribution in [1.82, 2.24) is 4.57 Å². The number of hydrogen-bond acceptors (Lipinski definition) is 2. The number of fused-ring (bicyclic) bond motifs is 2. The van der Waals surface area contributed by atoms with Crippen molar-refractivity contribution < 1.29 is 18.0 Å². The molecule has 4 nitrogen and oxygen atoms in total. The number of nitrogens with zero attached hydrogens (tertiary/aromatic N) is 2. The molecular formula is C27H23BF3N3O. The normalized spacial score (nSPS) is 13.7. The van der Waals surface area contributed by atoms with Crippen LogP contribution in [0.15, 0.2) is 71.9 Å². The van der Waals surface area contributed by atoms with E-state index in [9.17, 15) is 18.0 Å². The number of alkyl halides is 3. The summed E-state index contributed by atoms with van der Waals surface area (Å²) in [5.41, 5.74) is 4.23. The van der Waals surface area contributed by atoms with E-state index in [0.717, 1.165) is 36.4 Å². The fourth-order valence-corrected chi connectivity index (χ4v) is 4.67. The standard InChI is InChI=1S/C27H23BF3N3O/c1-16-11-23-24(13-21(16)27(29,30)31)33-26(35)14-22(32-23)17-5-3-7-19(12-17)34-10-9-20-18(15-28-2)6-4-8-25(20)34/h3-13,28H,14-15H2,1-2H3,(H,33,35). The molecule has 0 saturated heterocycles. The second-order valence-corrected chi connectivity index (χ2v) is 8.80. The van der Waals surface area contributed by atoms with E-state index in [4.69, 9.17) is 0 Å². The lowest BCUT2D eigenvalue weighted by molar-refractivity contribution is -0.138. The highest BCUT2D eigenvalue weighted by Crippen LogP contribution is 2.39. The quantitative estimate of drug-likeness (QED) is 0.343. The molecule has 1 aliphatic rings. The zero-order valence-electron chi connectivity index (χ0n) is 19.4. The Morgan fingerprint density at radius 3 is 2.66 bits per heavy atom. The first-order valence-corrected chi connectivity index (χ1v) is 11.5. The Morgan fingerprint density at radius 1 is 1.09 bits per heavy atom. The minimum absolute atomic E-state index is 0.0361. The van der Waals surface area contributed by atoms with Gasteiger partial charge >= 0.3 is 6.18 Å². The summed E-state index contributed by atoms with van der Waals surface area (Å²) in [5.74, 6) is -0.402. The molecule has 2 heterocycles. The smallest absolute Gasteiger partial charge is 0.324 e. The van der Waals surface area contributed by atoms with E-state index in [1.807, 2.05) is 30.5 Å². The Kier molecular flexibility index (Phi) is 5.75. The summed E-state index contributed by atoms with van der Waals surface area (Å²) in [7, 11) is 1.06. The van der Waals surface area contributed by atoms with E-state index >= 15 is 0 Å². The van der Waals surface area contributed by atoms with Gasteiger partial charge in [0.05, 0.1) is 34.6 Å². The number of aliphatic imine (C=N–C) groups is 1. The summed E-state index contributed by atoms with van der Waals surface area (Å²) in [6.07, 6.45) is -1.51. The van der Waals surface area contributed by atoms with Gasteiger partial charge < -0.3 is 9.88 Å². The van der Waals surface area contributed by atoms with Gasteiger partial charge in [0, 0.05) is 17.3 Å². The Hall–Kier alpha value is -3.81. The van der Waals surface area contributed by atoms with Crippen LogP contribution in [0, 0.1) is 6.92 Å². The number of halogens is 3. The van der Waals surface area contributed by atoms with Crippen LogP contribution in [-0.2, 0) is 17.3 Å². The molecule has 3 aromatic carbocycles. The molecule has 35 heavy (non-hydrogen) atoms. The second-order valence-electron chi connectivity index (χ2n) is 8.80. The molecule has 0 radical (unpaired) electrons. The minimum Gasteiger partial charge on any atom is -0.324 e. The number of carbonyl (C=O) groups excluding carboxylic acids is 1. The van der Waals surface area contributed by atoms with E-state index in [1.54, 1.807) is 0 Å². The van der Waals surface area contributed by atoms with Crippen LogP contribution in [0.4, 0.5) is 24.5 Å². The first-order valence-electron chi connectivity index (χ1n) is 11.5. The number of amides is 1. The third kappa shape index (κ3) is 4.36. The fraction of sp³-hybridized carbons (Fsp3) is 0.185. The molecule has 0 spiro atoms. The van der Waals surface area contributed by atoms with Crippen LogP contribution in [0.5, 0.6) is 0 Å². The van der Waals surface area contributed by atoms with Gasteiger partial charge in [-0.3, -0.25) is 9.79 Å². The van der Waals surface area contributed by atoms with Crippen molar-refractivity contribution in [3.05, 3.63) is 89.1 Å². The van der Waals surface area contributed by atoms with E-state index in [1.165, 1.54) is 23.9 Å². The fourth-order valence-electron chi connectivity index (χ4n) is 4.67. The van der Waals surface area contributed by atoms with Gasteiger partial charge in [0.25, 0.3) is 0 Å². The van der Waals surface area contributed by atoms with Gasteiger partial charge in [-0.2, -0.15) is 13.2 Å². The van der Waals surface area contributed by atoms with Crippen LogP contribution in [0.3, 0.4) is 0 Å². The van der Waals surface area contributed by atoms with Gasteiger partial charge in [-0.1, -0.05) is 37.4 Å². The summed E-state index contributed by atoms with van der Waals surface area (Å²) in [4.78, 5) is 17.2. The van der Waals surface area contributed by atoms with Crippen molar-refractivity contribution >= 4 is 41.2 Å². The number of benzene rings is 3. The highest BCUT2D eigenvalue weighted by molar-refractivity contribution is 6.33. The molecule has 0 aliphatic carbocycles. The molecule has 0 unspecified atom stereocenters. The molecule has 0 bridgehead atoms. The van der Waals surface area contributed by atoms with Crippen molar-refractivity contribution in [3.63, 3.8) is 0 Å². The van der Waals surface area contributed by atoms with Gasteiger partial charge in [-0.25, -0.2) is 0 Å². The van der Waals surface area contributed by atoms with Crippen LogP contribution in [0.2, 0.25) is 6.82 Å². The lowest BCUT2D eigenvalue weighted by Crippen LogP contribution is -2.16. The topological polar surface area (TPSA) is 46.4 Å². The molecule has 4 aromatic rings. The summed E-state index contributed by atoms with van der Waals surface area (Å²) in [5, 5.41) is 3.79. The predicted octanol–water partition coefficient (Wildman–Crippen LogP) is 6.41. The lowest BCUT2D eigenvalue weighted by atomic mass is 9.74. The average molecular weight is 473 g/mol. The highest BCUT2D eigenvalue weighted by atomic mass is 19.4. The van der Waals surface area contributed by atoms with Crippen LogP contribution >= 0.6 is 0 Å². The molecule has 0 atom stereocenters. The molecule has 1 N–H and O–H groups in total. The number of rotatable bonds is 4. The zero-order chi connectivity index (χ0) is 24.7. The number of aryl methyl sites for hydroxylation is 1. The molecule has 0 saturated carbocycles. The monoisotopic (exact) mass is 473 g/mol. The SMILES string of the molecule is CBCc1cccc2c1ccn2-c1cccc(C2=Nc3cc(C)c(C(F)(F)F)cc3NC(=O)C2)c1. The van der Waals surface area contributed by atoms with Gasteiger partial charge in [0.2, 0.25) is 5.91 Å². The van der Waals surface area contributed by atoms with Crippen LogP contribution in [0.25, 0.3) is 16.6 Å². The largest absolute Gasteiger partial charge is 0.416 e. The molecule has 5 rings (SSSR count). The Labute approximate surface area is 201 Å². The van der Waals surface area contributed by atoms with E-state index in [-0.39, 0.29) is 17.7 Å². The van der Waals surface area contributed by atoms with E-state index in [0.29, 0.717) is 11.4 Å². The molecule has 0 fully saturated rings. The third-order valence-electron chi connectivity index (χ3n) is 6.31. The Bertz CT molecular complexity index is 1490. The third-order valence-corrected chi connectivity index (χ3v) is 6.31. The summed E-state index contributed by atoms with van der Waals surface area (Å²) in [6, 6.07) is 18.4. The van der Waals surface area contributed by atoms with Crippen molar-refractivity contribution in [1.29, 1.82) is 0 Å². The summed E-state index contributed by atoms with van der Waals surface area (Å²) < 4.78 is 42.2. The molecule has 8 heteroatoms. The van der Waals surface area contributed by atoms with Gasteiger partial charge in [0.15, 0.2) is 0 Å². The van der Waals surface area contributed by atoms with Crippen molar-refractivity contribution in [2.75, 3.05) is 5.32 Å². The number of nitrogens with one attached hydrogen (secondary N) is 1. The van der Waals surface area contributed by atoms with Crippen LogP contribution in [-0.4, -0.2) is 23.5 Å². The summed E-state index contributed by atoms with van der Waals surface area (Å²) in [6.45, 7) is 3.56. The minimum atomic E-state index is -4.51. The number of anilines is 1. The van der Waals surface area contributed by atoms with Gasteiger partial charge in [0.1, 0.15) is 7.28 Å². The Balaban J connectivity index is 1.58. The van der Waals surface area contributed by atoms with Gasteiger partial charge in [-0.15, -0.1) is 0 Å². The summed E-state index contributed by atoms with van der Waals surface area (Å²) >= 11 is 0. The second kappa shape index (κ2) is 8.76. The van der Waals surface area contributed by atoms with E-state index in [2.05, 4.69) is 46.0 Å². The average Bonchev–Trinajstić information content (AvgIpc) is 3.17. The maximum atomic E-state index is 13.4. The molecule has 176 valence electrons.